The van der Waals surface area contributed by atoms with Gasteiger partial charge in [-0.15, -0.1) is 0 Å². The summed E-state index contributed by atoms with van der Waals surface area (Å²) in [6, 6.07) is 4.64. The summed E-state index contributed by atoms with van der Waals surface area (Å²) < 4.78 is 0. The van der Waals surface area contributed by atoms with Crippen LogP contribution in [0.25, 0.3) is 6.08 Å². The minimum Gasteiger partial charge on any atom is -0.342 e. The van der Waals surface area contributed by atoms with Crippen LogP contribution in [0.4, 0.5) is 0 Å². The molecule has 3 saturated carbocycles. The summed E-state index contributed by atoms with van der Waals surface area (Å²) in [5.41, 5.74) is 1.99. The second kappa shape index (κ2) is 6.96. The van der Waals surface area contributed by atoms with Gasteiger partial charge in [0.15, 0.2) is 0 Å². The number of nitrogens with zero attached hydrogens (tertiary/aromatic N) is 2. The molecule has 5 rings (SSSR count). The van der Waals surface area contributed by atoms with E-state index in [-0.39, 0.29) is 0 Å². The number of piperidine rings is 1. The molecule has 1 aromatic rings. The molecule has 2 heterocycles. The van der Waals surface area contributed by atoms with Gasteiger partial charge in [-0.3, -0.25) is 9.78 Å². The predicted molar refractivity (Wildman–Crippen MR) is 117 cm³/mol. The Bertz CT molecular complexity index is 804. The van der Waals surface area contributed by atoms with Crippen LogP contribution in [0.3, 0.4) is 0 Å². The highest BCUT2D eigenvalue weighted by atomic mass is 16.2. The van der Waals surface area contributed by atoms with Gasteiger partial charge in [0.1, 0.15) is 0 Å². The van der Waals surface area contributed by atoms with Crippen LogP contribution in [0.5, 0.6) is 0 Å². The van der Waals surface area contributed by atoms with Gasteiger partial charge in [0.2, 0.25) is 5.91 Å². The molecule has 7 atom stereocenters. The molecule has 3 nitrogen and oxygen atoms in total. The van der Waals surface area contributed by atoms with Gasteiger partial charge in [0, 0.05) is 31.9 Å². The fourth-order valence-electron chi connectivity index (χ4n) is 8.21. The van der Waals surface area contributed by atoms with E-state index in [1.807, 2.05) is 18.5 Å². The number of amides is 1. The molecule has 3 heteroatoms. The van der Waals surface area contributed by atoms with Crippen molar-refractivity contribution in [3.8, 4) is 0 Å². The van der Waals surface area contributed by atoms with Gasteiger partial charge in [-0.05, 0) is 91.1 Å². The van der Waals surface area contributed by atoms with Gasteiger partial charge >= 0.3 is 0 Å². The third-order valence-electron chi connectivity index (χ3n) is 9.84. The molecular weight excluding hydrogens is 356 g/mol. The van der Waals surface area contributed by atoms with Crippen molar-refractivity contribution in [2.45, 2.75) is 71.3 Å². The molecule has 0 aromatic carbocycles. The number of carbonyl (C=O) groups is 1. The van der Waals surface area contributed by atoms with Crippen LogP contribution >= 0.6 is 0 Å². The largest absolute Gasteiger partial charge is 0.342 e. The molecule has 4 fully saturated rings. The first-order chi connectivity index (χ1) is 13.9. The Labute approximate surface area is 176 Å². The minimum atomic E-state index is 0.330. The van der Waals surface area contributed by atoms with Gasteiger partial charge in [0.05, 0.1) is 0 Å². The predicted octanol–water partition coefficient (Wildman–Crippen LogP) is 5.57. The molecule has 0 spiro atoms. The molecule has 0 radical (unpaired) electrons. The number of hydrogen-bond donors (Lipinski definition) is 0. The maximum absolute atomic E-state index is 12.3. The number of likely N-dealkylation sites (tertiary alicyclic amines) is 1. The molecule has 4 aliphatic rings. The molecule has 156 valence electrons. The summed E-state index contributed by atoms with van der Waals surface area (Å²) in [4.78, 5) is 18.7. The molecule has 0 unspecified atom stereocenters. The number of carbonyl (C=O) groups excluding carboxylic acids is 1. The smallest absolute Gasteiger partial charge is 0.222 e. The van der Waals surface area contributed by atoms with Crippen LogP contribution < -0.4 is 0 Å². The fourth-order valence-corrected chi connectivity index (χ4v) is 8.21. The topological polar surface area (TPSA) is 33.2 Å². The summed E-state index contributed by atoms with van der Waals surface area (Å²) >= 11 is 0. The Morgan fingerprint density at radius 2 is 1.90 bits per heavy atom. The van der Waals surface area contributed by atoms with Gasteiger partial charge in [0.25, 0.3) is 0 Å². The van der Waals surface area contributed by atoms with Crippen LogP contribution in [0.15, 0.2) is 30.6 Å². The van der Waals surface area contributed by atoms with E-state index in [1.165, 1.54) is 44.1 Å². The van der Waals surface area contributed by atoms with Crippen molar-refractivity contribution in [3.05, 3.63) is 36.2 Å². The van der Waals surface area contributed by atoms with Crippen molar-refractivity contribution < 1.29 is 4.79 Å². The van der Waals surface area contributed by atoms with Crippen molar-refractivity contribution in [1.82, 2.24) is 9.88 Å². The molecule has 3 aliphatic carbocycles. The van der Waals surface area contributed by atoms with E-state index >= 15 is 0 Å². The monoisotopic (exact) mass is 392 g/mol. The number of hydrogen-bond acceptors (Lipinski definition) is 2. The molecule has 1 aliphatic heterocycles. The van der Waals surface area contributed by atoms with E-state index < -0.39 is 0 Å². The second-order valence-corrected chi connectivity index (χ2v) is 10.9. The van der Waals surface area contributed by atoms with Crippen molar-refractivity contribution >= 4 is 12.0 Å². The average molecular weight is 393 g/mol. The molecule has 0 bridgehead atoms. The molecule has 29 heavy (non-hydrogen) atoms. The van der Waals surface area contributed by atoms with Gasteiger partial charge < -0.3 is 4.90 Å². The van der Waals surface area contributed by atoms with Crippen LogP contribution in [0.1, 0.15) is 70.8 Å². The Morgan fingerprint density at radius 1 is 1.07 bits per heavy atom. The van der Waals surface area contributed by atoms with E-state index in [9.17, 15) is 4.79 Å². The lowest BCUT2D eigenvalue weighted by atomic mass is 9.47. The normalized spacial score (nSPS) is 44.4. The zero-order valence-electron chi connectivity index (χ0n) is 18.3. The third kappa shape index (κ3) is 2.91. The van der Waals surface area contributed by atoms with Crippen molar-refractivity contribution in [3.63, 3.8) is 0 Å². The van der Waals surface area contributed by atoms with Crippen LogP contribution in [-0.2, 0) is 4.79 Å². The summed E-state index contributed by atoms with van der Waals surface area (Å²) in [6.45, 7) is 5.11. The lowest BCUT2D eigenvalue weighted by Gasteiger charge is -2.61. The fraction of sp³-hybridized carbons (Fsp3) is 0.692. The molecule has 1 amide bonds. The van der Waals surface area contributed by atoms with Crippen molar-refractivity contribution in [1.29, 1.82) is 0 Å². The zero-order valence-corrected chi connectivity index (χ0v) is 18.3. The standard InChI is InChI=1S/C26H36N2O/c1-25-14-12-22-20(9-11-23-26(22,2)15-13-24(29)28(23)3)21(25)10-8-19(25)7-6-18-5-4-16-27-17-18/h4-7,16-17,19-23H,8-15H2,1-3H3/b7-6-/t19-,20-,21-,22-,23+,25+,26+/m0/s1. The highest BCUT2D eigenvalue weighted by molar-refractivity contribution is 5.77. The lowest BCUT2D eigenvalue weighted by Crippen LogP contribution is -2.61. The summed E-state index contributed by atoms with van der Waals surface area (Å²) in [7, 11) is 2.06. The molecule has 0 N–H and O–H groups in total. The maximum atomic E-state index is 12.3. The summed E-state index contributed by atoms with van der Waals surface area (Å²) in [5.74, 6) is 3.57. The summed E-state index contributed by atoms with van der Waals surface area (Å²) in [5, 5.41) is 0. The van der Waals surface area contributed by atoms with Crippen molar-refractivity contribution in [2.75, 3.05) is 7.05 Å². The third-order valence-corrected chi connectivity index (χ3v) is 9.84. The molecular formula is C26H36N2O. The van der Waals surface area contributed by atoms with Crippen LogP contribution in [0, 0.1) is 34.5 Å². The quantitative estimate of drug-likeness (QED) is 0.659. The van der Waals surface area contributed by atoms with Gasteiger partial charge in [-0.25, -0.2) is 0 Å². The minimum absolute atomic E-state index is 0.330. The van der Waals surface area contributed by atoms with Crippen molar-refractivity contribution in [2.24, 2.45) is 34.5 Å². The zero-order chi connectivity index (χ0) is 20.2. The first kappa shape index (κ1) is 19.3. The first-order valence-electron chi connectivity index (χ1n) is 11.8. The number of fused-ring (bicyclic) bond motifs is 5. The lowest BCUT2D eigenvalue weighted by molar-refractivity contribution is -0.157. The number of allylic oxidation sites excluding steroid dienone is 1. The van der Waals surface area contributed by atoms with E-state index in [4.69, 9.17) is 0 Å². The SMILES string of the molecule is CN1C(=O)CC[C@]2(C)[C@H]3CC[C@]4(C)[C@@H](/C=C\c5cccnc5)CC[C@H]4[C@@H]3CC[C@@H]12. The average Bonchev–Trinajstić information content (AvgIpc) is 3.07. The highest BCUT2D eigenvalue weighted by Gasteiger charge is 2.60. The number of rotatable bonds is 2. The first-order valence-corrected chi connectivity index (χ1v) is 11.8. The van der Waals surface area contributed by atoms with Crippen LogP contribution in [0.2, 0.25) is 0 Å². The van der Waals surface area contributed by atoms with Gasteiger partial charge in [-0.1, -0.05) is 32.1 Å². The Balaban J connectivity index is 1.38. The second-order valence-electron chi connectivity index (χ2n) is 10.9. The van der Waals surface area contributed by atoms with E-state index in [2.05, 4.69) is 49.0 Å². The molecule has 1 saturated heterocycles. The van der Waals surface area contributed by atoms with E-state index in [0.717, 1.165) is 30.6 Å². The Hall–Kier alpha value is -1.64. The number of pyridine rings is 1. The molecule has 1 aromatic heterocycles. The summed E-state index contributed by atoms with van der Waals surface area (Å²) in [6.07, 6.45) is 18.4. The Morgan fingerprint density at radius 3 is 2.69 bits per heavy atom. The number of aromatic nitrogens is 1. The highest BCUT2D eigenvalue weighted by Crippen LogP contribution is 2.66. The van der Waals surface area contributed by atoms with Gasteiger partial charge in [-0.2, -0.15) is 0 Å². The van der Waals surface area contributed by atoms with E-state index in [0.29, 0.717) is 28.7 Å². The maximum Gasteiger partial charge on any atom is 0.222 e. The van der Waals surface area contributed by atoms with E-state index in [1.54, 1.807) is 0 Å². The van der Waals surface area contributed by atoms with Crippen LogP contribution in [-0.4, -0.2) is 28.9 Å². The Kier molecular flexibility index (Phi) is 4.64.